The molecular formula is C32H28N4O6S. The van der Waals surface area contributed by atoms with E-state index in [1.165, 1.54) is 21.1 Å². The Morgan fingerprint density at radius 3 is 2.56 bits per heavy atom. The lowest BCUT2D eigenvalue weighted by atomic mass is 9.94. The molecule has 2 aliphatic rings. The van der Waals surface area contributed by atoms with Crippen LogP contribution in [0.2, 0.25) is 0 Å². The number of Topliss-reactive ketones (excluding diaryl/α,β-unsaturated/α-hetero) is 1. The smallest absolute Gasteiger partial charge is 0.299 e. The molecule has 6 rings (SSSR count). The van der Waals surface area contributed by atoms with Gasteiger partial charge in [0.15, 0.2) is 11.5 Å². The first kappa shape index (κ1) is 28.1. The molecule has 3 aromatic carbocycles. The van der Waals surface area contributed by atoms with Gasteiger partial charge in [-0.3, -0.25) is 24.1 Å². The third-order valence-corrected chi connectivity index (χ3v) is 8.63. The number of para-hydroxylation sites is 1. The number of hydrogen-bond acceptors (Lipinski definition) is 8. The average molecular weight is 597 g/mol. The Labute approximate surface area is 251 Å². The zero-order valence-corrected chi connectivity index (χ0v) is 24.3. The lowest BCUT2D eigenvalue weighted by Gasteiger charge is -2.39. The Bertz CT molecular complexity index is 1740. The van der Waals surface area contributed by atoms with Gasteiger partial charge in [0.25, 0.3) is 11.7 Å². The normalized spacial score (nSPS) is 14.8. The van der Waals surface area contributed by atoms with E-state index in [0.29, 0.717) is 27.9 Å². The molecule has 10 nitrogen and oxygen atoms in total. The van der Waals surface area contributed by atoms with Gasteiger partial charge >= 0.3 is 0 Å². The molecule has 1 aromatic heterocycles. The van der Waals surface area contributed by atoms with E-state index in [0.717, 1.165) is 11.3 Å². The Hall–Kier alpha value is -5.03. The SMILES string of the molecule is CCC(C)(C(=O)Nc1ccc2c(c1)OCO2)N(Cc1nc(-c2ccccc2)cs1)C(=O)CN1C(=O)C(=O)c2ccccc21. The van der Waals surface area contributed by atoms with Crippen LogP contribution >= 0.6 is 11.3 Å². The number of nitrogens with zero attached hydrogens (tertiary/aromatic N) is 3. The van der Waals surface area contributed by atoms with Gasteiger partial charge in [0.05, 0.1) is 23.5 Å². The van der Waals surface area contributed by atoms with Gasteiger partial charge in [-0.05, 0) is 37.6 Å². The van der Waals surface area contributed by atoms with Crippen LogP contribution in [0.15, 0.2) is 78.2 Å². The quantitative estimate of drug-likeness (QED) is 0.273. The van der Waals surface area contributed by atoms with Gasteiger partial charge in [0.1, 0.15) is 17.1 Å². The molecule has 0 saturated heterocycles. The summed E-state index contributed by atoms with van der Waals surface area (Å²) in [4.78, 5) is 61.0. The van der Waals surface area contributed by atoms with Crippen molar-refractivity contribution in [3.63, 3.8) is 0 Å². The first-order chi connectivity index (χ1) is 20.8. The van der Waals surface area contributed by atoms with E-state index in [1.54, 1.807) is 49.4 Å². The summed E-state index contributed by atoms with van der Waals surface area (Å²) in [7, 11) is 0. The molecule has 3 heterocycles. The lowest BCUT2D eigenvalue weighted by molar-refractivity contribution is -0.145. The second kappa shape index (κ2) is 11.3. The van der Waals surface area contributed by atoms with Gasteiger partial charge < -0.3 is 19.7 Å². The van der Waals surface area contributed by atoms with Gasteiger partial charge in [0, 0.05) is 22.7 Å². The molecule has 4 aromatic rings. The molecule has 218 valence electrons. The van der Waals surface area contributed by atoms with Gasteiger partial charge in [-0.25, -0.2) is 4.98 Å². The molecule has 0 radical (unpaired) electrons. The monoisotopic (exact) mass is 596 g/mol. The van der Waals surface area contributed by atoms with E-state index < -0.39 is 35.6 Å². The summed E-state index contributed by atoms with van der Waals surface area (Å²) in [6, 6.07) is 21.3. The van der Waals surface area contributed by atoms with E-state index in [4.69, 9.17) is 14.5 Å². The Morgan fingerprint density at radius 2 is 1.77 bits per heavy atom. The van der Waals surface area contributed by atoms with Crippen molar-refractivity contribution >= 4 is 46.2 Å². The fraction of sp³-hybridized carbons (Fsp3) is 0.219. The number of thiazole rings is 1. The van der Waals surface area contributed by atoms with Crippen LogP contribution in [-0.2, 0) is 20.9 Å². The van der Waals surface area contributed by atoms with Crippen molar-refractivity contribution in [1.82, 2.24) is 9.88 Å². The average Bonchev–Trinajstić information content (AvgIpc) is 3.76. The molecule has 2 aliphatic heterocycles. The predicted molar refractivity (Wildman–Crippen MR) is 161 cm³/mol. The molecule has 0 fully saturated rings. The number of carbonyl (C=O) groups is 4. The minimum absolute atomic E-state index is 0.0207. The highest BCUT2D eigenvalue weighted by atomic mass is 32.1. The maximum absolute atomic E-state index is 14.1. The van der Waals surface area contributed by atoms with Crippen molar-refractivity contribution < 1.29 is 28.7 Å². The summed E-state index contributed by atoms with van der Waals surface area (Å²) < 4.78 is 10.8. The number of benzene rings is 3. The lowest BCUT2D eigenvalue weighted by Crippen LogP contribution is -2.58. The number of ketones is 1. The number of fused-ring (bicyclic) bond motifs is 2. The number of hydrogen-bond donors (Lipinski definition) is 1. The van der Waals surface area contributed by atoms with Crippen LogP contribution < -0.4 is 19.7 Å². The molecule has 1 N–H and O–H groups in total. The molecule has 0 saturated carbocycles. The van der Waals surface area contributed by atoms with Crippen molar-refractivity contribution in [2.24, 2.45) is 0 Å². The van der Waals surface area contributed by atoms with Crippen LogP contribution in [-0.4, -0.2) is 52.3 Å². The fourth-order valence-corrected chi connectivity index (χ4v) is 5.93. The number of anilines is 2. The minimum Gasteiger partial charge on any atom is -0.454 e. The van der Waals surface area contributed by atoms with Crippen LogP contribution in [0.3, 0.4) is 0 Å². The van der Waals surface area contributed by atoms with Crippen LogP contribution in [0.1, 0.15) is 35.6 Å². The van der Waals surface area contributed by atoms with Crippen LogP contribution in [0, 0.1) is 0 Å². The third kappa shape index (κ3) is 5.23. The minimum atomic E-state index is -1.35. The molecule has 1 atom stereocenters. The summed E-state index contributed by atoms with van der Waals surface area (Å²) in [6.07, 6.45) is 0.259. The first-order valence-corrected chi connectivity index (χ1v) is 14.6. The van der Waals surface area contributed by atoms with Gasteiger partial charge in [-0.2, -0.15) is 0 Å². The highest BCUT2D eigenvalue weighted by Crippen LogP contribution is 2.36. The molecule has 1 unspecified atom stereocenters. The molecule has 3 amide bonds. The highest BCUT2D eigenvalue weighted by molar-refractivity contribution is 7.09. The van der Waals surface area contributed by atoms with Crippen molar-refractivity contribution in [3.05, 3.63) is 88.7 Å². The first-order valence-electron chi connectivity index (χ1n) is 13.7. The maximum atomic E-state index is 14.1. The van der Waals surface area contributed by atoms with E-state index in [1.807, 2.05) is 42.6 Å². The van der Waals surface area contributed by atoms with Crippen LogP contribution in [0.25, 0.3) is 11.3 Å². The number of nitrogens with one attached hydrogen (secondary N) is 1. The molecule has 0 bridgehead atoms. The Morgan fingerprint density at radius 1 is 1.02 bits per heavy atom. The van der Waals surface area contributed by atoms with Crippen LogP contribution in [0.4, 0.5) is 11.4 Å². The topological polar surface area (TPSA) is 118 Å². The zero-order chi connectivity index (χ0) is 30.1. The summed E-state index contributed by atoms with van der Waals surface area (Å²) in [5, 5.41) is 5.44. The summed E-state index contributed by atoms with van der Waals surface area (Å²) in [5.41, 5.74) is 1.44. The predicted octanol–water partition coefficient (Wildman–Crippen LogP) is 4.90. The van der Waals surface area contributed by atoms with Crippen molar-refractivity contribution in [3.8, 4) is 22.8 Å². The van der Waals surface area contributed by atoms with E-state index in [-0.39, 0.29) is 25.3 Å². The third-order valence-electron chi connectivity index (χ3n) is 7.79. The van der Waals surface area contributed by atoms with E-state index >= 15 is 0 Å². The Balaban J connectivity index is 1.32. The molecule has 0 aliphatic carbocycles. The number of ether oxygens (including phenoxy) is 2. The standard InChI is InChI=1S/C32H28N4O6S/c1-3-32(2,31(40)33-21-13-14-25-26(15-21)42-19-41-25)36(16-27-34-23(18-43-27)20-9-5-4-6-10-20)28(37)17-35-24-12-8-7-11-22(24)29(38)30(35)39/h4-15,18H,3,16-17,19H2,1-2H3,(H,33,40). The van der Waals surface area contributed by atoms with Gasteiger partial charge in [-0.1, -0.05) is 49.4 Å². The highest BCUT2D eigenvalue weighted by Gasteiger charge is 2.44. The maximum Gasteiger partial charge on any atom is 0.299 e. The number of aromatic nitrogens is 1. The summed E-state index contributed by atoms with van der Waals surface area (Å²) in [5.74, 6) is -1.28. The number of amides is 3. The zero-order valence-electron chi connectivity index (χ0n) is 23.5. The van der Waals surface area contributed by atoms with E-state index in [9.17, 15) is 19.2 Å². The molecule has 0 spiro atoms. The second-order valence-corrected chi connectivity index (χ2v) is 11.3. The summed E-state index contributed by atoms with van der Waals surface area (Å²) in [6.45, 7) is 3.21. The van der Waals surface area contributed by atoms with Crippen molar-refractivity contribution in [2.75, 3.05) is 23.6 Å². The largest absolute Gasteiger partial charge is 0.454 e. The van der Waals surface area contributed by atoms with E-state index in [2.05, 4.69) is 5.32 Å². The molecule has 43 heavy (non-hydrogen) atoms. The number of rotatable bonds is 9. The van der Waals surface area contributed by atoms with Gasteiger partial charge in [0.2, 0.25) is 18.6 Å². The van der Waals surface area contributed by atoms with Crippen molar-refractivity contribution in [2.45, 2.75) is 32.4 Å². The van der Waals surface area contributed by atoms with Gasteiger partial charge in [-0.15, -0.1) is 11.3 Å². The second-order valence-electron chi connectivity index (χ2n) is 10.4. The number of carbonyl (C=O) groups excluding carboxylic acids is 4. The van der Waals surface area contributed by atoms with Crippen LogP contribution in [0.5, 0.6) is 11.5 Å². The fourth-order valence-electron chi connectivity index (χ4n) is 5.14. The molecular weight excluding hydrogens is 568 g/mol. The molecule has 11 heteroatoms. The summed E-state index contributed by atoms with van der Waals surface area (Å²) >= 11 is 1.38. The van der Waals surface area contributed by atoms with Crippen molar-refractivity contribution in [1.29, 1.82) is 0 Å². The Kier molecular flexibility index (Phi) is 7.41.